The fraction of sp³-hybridized carbons (Fsp3) is 0.211. The number of benzene rings is 2. The van der Waals surface area contributed by atoms with E-state index in [1.165, 1.54) is 12.1 Å². The van der Waals surface area contributed by atoms with Gasteiger partial charge in [0.25, 0.3) is 5.69 Å². The molecule has 0 radical (unpaired) electrons. The van der Waals surface area contributed by atoms with Crippen molar-refractivity contribution >= 4 is 41.1 Å². The van der Waals surface area contributed by atoms with Crippen LogP contribution < -0.4 is 0 Å². The van der Waals surface area contributed by atoms with Gasteiger partial charge in [0.15, 0.2) is 0 Å². The number of cyclic esters (lactones) is 1. The largest absolute Gasteiger partial charge is 0.464 e. The summed E-state index contributed by atoms with van der Waals surface area (Å²) in [5, 5.41) is 11.4. The fourth-order valence-electron chi connectivity index (χ4n) is 2.68. The van der Waals surface area contributed by atoms with Crippen LogP contribution in [0.1, 0.15) is 11.1 Å². The van der Waals surface area contributed by atoms with Gasteiger partial charge >= 0.3 is 5.97 Å². The second-order valence-electron chi connectivity index (χ2n) is 5.86. The van der Waals surface area contributed by atoms with Crippen molar-refractivity contribution in [2.24, 2.45) is 0 Å². The van der Waals surface area contributed by atoms with Gasteiger partial charge in [0.1, 0.15) is 11.4 Å². The molecule has 1 heterocycles. The van der Waals surface area contributed by atoms with Crippen LogP contribution in [0.2, 0.25) is 5.02 Å². The number of nitrogens with zero attached hydrogens (tertiary/aromatic N) is 1. The number of halogens is 1. The summed E-state index contributed by atoms with van der Waals surface area (Å²) in [6.07, 6.45) is 4.12. The second-order valence-corrected chi connectivity index (χ2v) is 7.72. The van der Waals surface area contributed by atoms with E-state index < -0.39 is 9.67 Å². The van der Waals surface area contributed by atoms with Crippen molar-refractivity contribution in [3.05, 3.63) is 80.9 Å². The Morgan fingerprint density at radius 2 is 1.88 bits per heavy atom. The van der Waals surface area contributed by atoms with Crippen molar-refractivity contribution in [3.63, 3.8) is 0 Å². The van der Waals surface area contributed by atoms with Crippen LogP contribution in [0.3, 0.4) is 0 Å². The Bertz CT molecular complexity index is 836. The van der Waals surface area contributed by atoms with Crippen molar-refractivity contribution in [2.45, 2.75) is 11.2 Å². The van der Waals surface area contributed by atoms with Crippen molar-refractivity contribution < 1.29 is 14.5 Å². The predicted molar refractivity (Wildman–Crippen MR) is 103 cm³/mol. The molecule has 3 rings (SSSR count). The smallest absolute Gasteiger partial charge is 0.326 e. The summed E-state index contributed by atoms with van der Waals surface area (Å²) in [5.74, 6) is 0.436. The van der Waals surface area contributed by atoms with E-state index in [2.05, 4.69) is 0 Å². The number of non-ortho nitro benzene ring substituents is 1. The van der Waals surface area contributed by atoms with Crippen molar-refractivity contribution in [1.29, 1.82) is 0 Å². The zero-order valence-corrected chi connectivity index (χ0v) is 15.3. The molecule has 1 fully saturated rings. The van der Waals surface area contributed by atoms with Crippen molar-refractivity contribution in [3.8, 4) is 0 Å². The highest BCUT2D eigenvalue weighted by molar-refractivity contribution is 8.01. The Kier molecular flexibility index (Phi) is 5.64. The molecular weight excluding hydrogens is 374 g/mol. The third kappa shape index (κ3) is 4.26. The summed E-state index contributed by atoms with van der Waals surface area (Å²) >= 11 is 7.48. The van der Waals surface area contributed by atoms with E-state index in [9.17, 15) is 14.9 Å². The number of nitro benzene ring substituents is 1. The molecule has 26 heavy (non-hydrogen) atoms. The van der Waals surface area contributed by atoms with Crippen LogP contribution in [-0.4, -0.2) is 28.0 Å². The first-order chi connectivity index (χ1) is 12.5. The maximum absolute atomic E-state index is 12.5. The first-order valence-corrected chi connectivity index (χ1v) is 9.34. The van der Waals surface area contributed by atoms with Gasteiger partial charge in [-0.3, -0.25) is 14.9 Å². The molecule has 0 N–H and O–H groups in total. The summed E-state index contributed by atoms with van der Waals surface area (Å²) in [5.41, 5.74) is 1.80. The lowest BCUT2D eigenvalue weighted by Gasteiger charge is -2.32. The van der Waals surface area contributed by atoms with Gasteiger partial charge in [-0.1, -0.05) is 35.9 Å². The molecule has 1 aliphatic rings. The molecule has 0 spiro atoms. The van der Waals surface area contributed by atoms with Gasteiger partial charge in [-0.05, 0) is 35.4 Å². The first kappa shape index (κ1) is 18.5. The van der Waals surface area contributed by atoms with E-state index in [4.69, 9.17) is 16.3 Å². The van der Waals surface area contributed by atoms with Crippen LogP contribution in [-0.2, 0) is 16.0 Å². The Morgan fingerprint density at radius 3 is 2.50 bits per heavy atom. The van der Waals surface area contributed by atoms with Crippen LogP contribution in [0.5, 0.6) is 0 Å². The molecule has 1 saturated heterocycles. The minimum Gasteiger partial charge on any atom is -0.464 e. The molecule has 0 amide bonds. The minimum atomic E-state index is -0.826. The zero-order chi connectivity index (χ0) is 18.6. The number of hydrogen-bond donors (Lipinski definition) is 0. The molecular formula is C19H16ClNO4S. The monoisotopic (exact) mass is 389 g/mol. The van der Waals surface area contributed by atoms with E-state index >= 15 is 0 Å². The topological polar surface area (TPSA) is 69.4 Å². The molecule has 134 valence electrons. The molecule has 5 nitrogen and oxygen atoms in total. The average Bonchev–Trinajstić information content (AvgIpc) is 2.64. The molecule has 1 atom stereocenters. The van der Waals surface area contributed by atoms with Gasteiger partial charge in [0.2, 0.25) is 0 Å². The van der Waals surface area contributed by atoms with Crippen LogP contribution in [0.15, 0.2) is 54.6 Å². The Balaban J connectivity index is 1.87. The normalized spacial score (nSPS) is 20.1. The molecule has 0 saturated carbocycles. The predicted octanol–water partition coefficient (Wildman–Crippen LogP) is 4.53. The molecule has 0 aromatic heterocycles. The standard InChI is InChI=1S/C19H16ClNO4S/c20-16-5-1-15(2-6-16)13-19(18(22)25-11-12-26-19)10-9-14-3-7-17(8-4-14)21(23)24/h1-10H,11-13H2/b10-9+. The summed E-state index contributed by atoms with van der Waals surface area (Å²) in [4.78, 5) is 22.9. The molecule has 2 aromatic carbocycles. The molecule has 7 heteroatoms. The maximum Gasteiger partial charge on any atom is 0.326 e. The van der Waals surface area contributed by atoms with Gasteiger partial charge in [0.05, 0.1) is 4.92 Å². The molecule has 1 unspecified atom stereocenters. The summed E-state index contributed by atoms with van der Waals surface area (Å²) in [6, 6.07) is 13.6. The molecule has 0 aliphatic carbocycles. The third-order valence-corrected chi connectivity index (χ3v) is 5.64. The number of ether oxygens (including phenoxy) is 1. The van der Waals surface area contributed by atoms with E-state index in [0.717, 1.165) is 11.1 Å². The lowest BCUT2D eigenvalue weighted by molar-refractivity contribution is -0.384. The van der Waals surface area contributed by atoms with Crippen LogP contribution in [0, 0.1) is 10.1 Å². The summed E-state index contributed by atoms with van der Waals surface area (Å²) in [7, 11) is 0. The quantitative estimate of drug-likeness (QED) is 0.426. The number of rotatable bonds is 5. The van der Waals surface area contributed by atoms with Crippen LogP contribution in [0.25, 0.3) is 6.08 Å². The highest BCUT2D eigenvalue weighted by Gasteiger charge is 2.41. The number of nitro groups is 1. The summed E-state index contributed by atoms with van der Waals surface area (Å²) in [6.45, 7) is 0.400. The molecule has 0 bridgehead atoms. The van der Waals surface area contributed by atoms with Gasteiger partial charge in [-0.2, -0.15) is 0 Å². The van der Waals surface area contributed by atoms with Gasteiger partial charge in [-0.15, -0.1) is 11.8 Å². The minimum absolute atomic E-state index is 0.0319. The first-order valence-electron chi connectivity index (χ1n) is 7.98. The van der Waals surface area contributed by atoms with E-state index in [0.29, 0.717) is 23.8 Å². The molecule has 2 aromatic rings. The third-order valence-electron chi connectivity index (χ3n) is 4.05. The van der Waals surface area contributed by atoms with Gasteiger partial charge in [-0.25, -0.2) is 0 Å². The van der Waals surface area contributed by atoms with E-state index in [-0.39, 0.29) is 11.7 Å². The Morgan fingerprint density at radius 1 is 1.19 bits per heavy atom. The fourth-order valence-corrected chi connectivity index (χ4v) is 3.95. The highest BCUT2D eigenvalue weighted by atomic mass is 35.5. The number of carbonyl (C=O) groups excluding carboxylic acids is 1. The SMILES string of the molecule is O=C1OCCSC1(/C=C/c1ccc([N+](=O)[O-])cc1)Cc1ccc(Cl)cc1. The lowest BCUT2D eigenvalue weighted by atomic mass is 9.96. The van der Waals surface area contributed by atoms with Crippen molar-refractivity contribution in [1.82, 2.24) is 0 Å². The second kappa shape index (κ2) is 7.93. The number of esters is 1. The number of thioether (sulfide) groups is 1. The van der Waals surface area contributed by atoms with E-state index in [1.54, 1.807) is 42.1 Å². The zero-order valence-electron chi connectivity index (χ0n) is 13.8. The Labute approximate surface area is 160 Å². The lowest BCUT2D eigenvalue weighted by Crippen LogP contribution is -2.41. The average molecular weight is 390 g/mol. The van der Waals surface area contributed by atoms with Crippen LogP contribution >= 0.6 is 23.4 Å². The molecule has 1 aliphatic heterocycles. The number of hydrogen-bond acceptors (Lipinski definition) is 5. The maximum atomic E-state index is 12.5. The Hall–Kier alpha value is -2.31. The number of carbonyl (C=O) groups is 1. The summed E-state index contributed by atoms with van der Waals surface area (Å²) < 4.78 is 4.48. The van der Waals surface area contributed by atoms with Crippen LogP contribution in [0.4, 0.5) is 5.69 Å². The van der Waals surface area contributed by atoms with Crippen molar-refractivity contribution in [2.75, 3.05) is 12.4 Å². The highest BCUT2D eigenvalue weighted by Crippen LogP contribution is 2.36. The van der Waals surface area contributed by atoms with Gasteiger partial charge < -0.3 is 4.74 Å². The van der Waals surface area contributed by atoms with Gasteiger partial charge in [0, 0.05) is 29.3 Å². The van der Waals surface area contributed by atoms with E-state index in [1.807, 2.05) is 18.2 Å².